The molecule has 2 heterocycles. The Morgan fingerprint density at radius 3 is 3.18 bits per heavy atom. The molecule has 0 aromatic carbocycles. The van der Waals surface area contributed by atoms with Crippen LogP contribution >= 0.6 is 0 Å². The van der Waals surface area contributed by atoms with E-state index in [-0.39, 0.29) is 12.4 Å². The molecule has 1 saturated heterocycles. The van der Waals surface area contributed by atoms with Crippen molar-refractivity contribution in [1.82, 2.24) is 0 Å². The Morgan fingerprint density at radius 1 is 1.73 bits per heavy atom. The minimum Gasteiger partial charge on any atom is -0.383 e. The molecule has 3 heteroatoms. The topological polar surface area (TPSA) is 38.7 Å². The van der Waals surface area contributed by atoms with Crippen LogP contribution in [0.3, 0.4) is 0 Å². The first-order valence-corrected chi connectivity index (χ1v) is 3.78. The van der Waals surface area contributed by atoms with Crippen LogP contribution in [0.4, 0.5) is 0 Å². The van der Waals surface area contributed by atoms with Crippen molar-refractivity contribution in [3.05, 3.63) is 11.6 Å². The van der Waals surface area contributed by atoms with E-state index < -0.39 is 5.60 Å². The smallest absolute Gasteiger partial charge is 0.180 e. The van der Waals surface area contributed by atoms with E-state index in [9.17, 15) is 5.11 Å². The van der Waals surface area contributed by atoms with Gasteiger partial charge in [-0.2, -0.15) is 0 Å². The molecule has 0 aliphatic carbocycles. The van der Waals surface area contributed by atoms with Crippen LogP contribution in [0.2, 0.25) is 0 Å². The molecule has 2 bridgehead atoms. The van der Waals surface area contributed by atoms with Crippen molar-refractivity contribution in [3.63, 3.8) is 0 Å². The van der Waals surface area contributed by atoms with Crippen molar-refractivity contribution in [3.8, 4) is 0 Å². The summed E-state index contributed by atoms with van der Waals surface area (Å²) in [6, 6.07) is 0. The Kier molecular flexibility index (Phi) is 1.36. The van der Waals surface area contributed by atoms with E-state index in [0.29, 0.717) is 6.61 Å². The fourth-order valence-electron chi connectivity index (χ4n) is 1.57. The molecule has 11 heavy (non-hydrogen) atoms. The predicted octanol–water partition coefficient (Wildman–Crippen LogP) is 0.439. The Hall–Kier alpha value is -0.380. The molecule has 0 saturated carbocycles. The van der Waals surface area contributed by atoms with Crippen LogP contribution in [0.15, 0.2) is 11.6 Å². The fourth-order valence-corrected chi connectivity index (χ4v) is 1.57. The van der Waals surface area contributed by atoms with Gasteiger partial charge in [-0.1, -0.05) is 0 Å². The maximum absolute atomic E-state index is 9.75. The quantitative estimate of drug-likeness (QED) is 0.517. The highest BCUT2D eigenvalue weighted by molar-refractivity contribution is 5.18. The average Bonchev–Trinajstić information content (AvgIpc) is 2.28. The molecule has 62 valence electrons. The lowest BCUT2D eigenvalue weighted by Crippen LogP contribution is -2.42. The van der Waals surface area contributed by atoms with E-state index in [1.165, 1.54) is 0 Å². The van der Waals surface area contributed by atoms with Gasteiger partial charge < -0.3 is 14.6 Å². The second-order valence-corrected chi connectivity index (χ2v) is 3.40. The molecule has 0 radical (unpaired) electrons. The summed E-state index contributed by atoms with van der Waals surface area (Å²) < 4.78 is 10.7. The van der Waals surface area contributed by atoms with Crippen molar-refractivity contribution in [2.45, 2.75) is 31.8 Å². The van der Waals surface area contributed by atoms with E-state index in [1.807, 2.05) is 13.0 Å². The summed E-state index contributed by atoms with van der Waals surface area (Å²) in [6.07, 6.45) is 1.43. The predicted molar refractivity (Wildman–Crippen MR) is 39.0 cm³/mol. The first-order chi connectivity index (χ1) is 5.09. The molecule has 2 rings (SSSR count). The summed E-state index contributed by atoms with van der Waals surface area (Å²) in [5, 5.41) is 9.75. The third-order valence-electron chi connectivity index (χ3n) is 2.23. The minimum absolute atomic E-state index is 0.184. The Bertz CT molecular complexity index is 207. The lowest BCUT2D eigenvalue weighted by atomic mass is 9.95. The zero-order valence-electron chi connectivity index (χ0n) is 6.70. The maximum Gasteiger partial charge on any atom is 0.180 e. The number of aliphatic hydroxyl groups is 1. The van der Waals surface area contributed by atoms with Crippen LogP contribution in [-0.4, -0.2) is 29.7 Å². The molecule has 0 aromatic rings. The van der Waals surface area contributed by atoms with Gasteiger partial charge in [0.15, 0.2) is 6.29 Å². The Morgan fingerprint density at radius 2 is 2.45 bits per heavy atom. The average molecular weight is 156 g/mol. The van der Waals surface area contributed by atoms with Gasteiger partial charge in [0.1, 0.15) is 11.7 Å². The summed E-state index contributed by atoms with van der Waals surface area (Å²) in [6.45, 7) is 4.14. The first-order valence-electron chi connectivity index (χ1n) is 3.78. The third kappa shape index (κ3) is 1.00. The number of ether oxygens (including phenoxy) is 2. The van der Waals surface area contributed by atoms with Crippen molar-refractivity contribution in [2.24, 2.45) is 0 Å². The summed E-state index contributed by atoms with van der Waals surface area (Å²) in [4.78, 5) is 0. The first kappa shape index (κ1) is 7.28. The van der Waals surface area contributed by atoms with E-state index >= 15 is 0 Å². The van der Waals surface area contributed by atoms with Gasteiger partial charge in [-0.15, -0.1) is 0 Å². The van der Waals surface area contributed by atoms with E-state index in [2.05, 4.69) is 0 Å². The van der Waals surface area contributed by atoms with Gasteiger partial charge >= 0.3 is 0 Å². The molecule has 0 amide bonds. The molecule has 2 aliphatic heterocycles. The normalized spacial score (nSPS) is 49.2. The van der Waals surface area contributed by atoms with E-state index in [1.54, 1.807) is 6.92 Å². The van der Waals surface area contributed by atoms with Crippen molar-refractivity contribution in [1.29, 1.82) is 0 Å². The summed E-state index contributed by atoms with van der Waals surface area (Å²) in [5.41, 5.74) is 0.112. The molecule has 0 spiro atoms. The summed E-state index contributed by atoms with van der Waals surface area (Å²) in [7, 11) is 0. The van der Waals surface area contributed by atoms with Crippen molar-refractivity contribution in [2.75, 3.05) is 6.61 Å². The van der Waals surface area contributed by atoms with Crippen LogP contribution < -0.4 is 0 Å². The standard InChI is InChI=1S/C8H12O3/c1-5-3-8(2,9)6-4-10-7(5)11-6/h3,6-7,9H,4H2,1-2H3/t6-,7+,8-/m1/s1. The van der Waals surface area contributed by atoms with Gasteiger partial charge in [-0.3, -0.25) is 0 Å². The van der Waals surface area contributed by atoms with Crippen molar-refractivity contribution >= 4 is 0 Å². The number of hydrogen-bond acceptors (Lipinski definition) is 3. The molecule has 2 aliphatic rings. The highest BCUT2D eigenvalue weighted by Crippen LogP contribution is 2.32. The van der Waals surface area contributed by atoms with Crippen LogP contribution in [0.25, 0.3) is 0 Å². The van der Waals surface area contributed by atoms with Gasteiger partial charge in [0.25, 0.3) is 0 Å². The second-order valence-electron chi connectivity index (χ2n) is 3.40. The molecule has 1 fully saturated rings. The monoisotopic (exact) mass is 156 g/mol. The molecule has 3 nitrogen and oxygen atoms in total. The lowest BCUT2D eigenvalue weighted by Gasteiger charge is -2.30. The molecular weight excluding hydrogens is 144 g/mol. The number of rotatable bonds is 0. The fraction of sp³-hybridized carbons (Fsp3) is 0.750. The van der Waals surface area contributed by atoms with Crippen LogP contribution in [0.1, 0.15) is 13.8 Å². The molecule has 1 N–H and O–H groups in total. The van der Waals surface area contributed by atoms with Crippen LogP contribution in [0, 0.1) is 0 Å². The minimum atomic E-state index is -0.850. The van der Waals surface area contributed by atoms with Crippen LogP contribution in [0.5, 0.6) is 0 Å². The lowest BCUT2D eigenvalue weighted by molar-refractivity contribution is -0.0929. The van der Waals surface area contributed by atoms with E-state index in [4.69, 9.17) is 9.47 Å². The Labute approximate surface area is 65.6 Å². The number of hydrogen-bond donors (Lipinski definition) is 1. The molecule has 3 atom stereocenters. The molecule has 0 unspecified atom stereocenters. The van der Waals surface area contributed by atoms with Gasteiger partial charge in [0.2, 0.25) is 0 Å². The zero-order chi connectivity index (χ0) is 8.06. The second kappa shape index (κ2) is 2.06. The van der Waals surface area contributed by atoms with Gasteiger partial charge in [0, 0.05) is 0 Å². The Balaban J connectivity index is 2.34. The van der Waals surface area contributed by atoms with Crippen LogP contribution in [-0.2, 0) is 9.47 Å². The molecule has 0 aromatic heterocycles. The van der Waals surface area contributed by atoms with Gasteiger partial charge in [0.05, 0.1) is 6.61 Å². The molecular formula is C8H12O3. The zero-order valence-corrected chi connectivity index (χ0v) is 6.70. The van der Waals surface area contributed by atoms with Crippen molar-refractivity contribution < 1.29 is 14.6 Å². The maximum atomic E-state index is 9.75. The highest BCUT2D eigenvalue weighted by atomic mass is 16.7. The SMILES string of the molecule is CC1=C[C@@](C)(O)[C@H]2CO[C@H]1O2. The number of fused-ring (bicyclic) bond motifs is 2. The van der Waals surface area contributed by atoms with Gasteiger partial charge in [-0.25, -0.2) is 0 Å². The summed E-state index contributed by atoms with van der Waals surface area (Å²) >= 11 is 0. The highest BCUT2D eigenvalue weighted by Gasteiger charge is 2.43. The van der Waals surface area contributed by atoms with Gasteiger partial charge in [-0.05, 0) is 25.5 Å². The van der Waals surface area contributed by atoms with E-state index in [0.717, 1.165) is 5.57 Å². The largest absolute Gasteiger partial charge is 0.383 e. The summed E-state index contributed by atoms with van der Waals surface area (Å²) in [5.74, 6) is 0. The third-order valence-corrected chi connectivity index (χ3v) is 2.23.